The van der Waals surface area contributed by atoms with Gasteiger partial charge in [-0.05, 0) is 30.0 Å². The number of halogens is 3. The van der Waals surface area contributed by atoms with Crippen molar-refractivity contribution in [3.05, 3.63) is 23.8 Å². The lowest BCUT2D eigenvalue weighted by Crippen LogP contribution is -2.37. The molecule has 0 unspecified atom stereocenters. The number of ether oxygens (including phenoxy) is 2. The summed E-state index contributed by atoms with van der Waals surface area (Å²) in [4.78, 5) is 4.13. The number of hydrogen-bond acceptors (Lipinski definition) is 3. The van der Waals surface area contributed by atoms with E-state index < -0.39 is 12.8 Å². The number of nitrogens with zero attached hydrogens (tertiary/aromatic N) is 1. The highest BCUT2D eigenvalue weighted by molar-refractivity contribution is 5.79. The first kappa shape index (κ1) is 20.9. The molecule has 0 saturated heterocycles. The SMILES string of the molecule is CN=C(NCCC(C)C)NCc1ccc(OCC(F)(F)F)c(OC)c1. The van der Waals surface area contributed by atoms with Crippen molar-refractivity contribution in [3.63, 3.8) is 0 Å². The highest BCUT2D eigenvalue weighted by atomic mass is 19.4. The van der Waals surface area contributed by atoms with Gasteiger partial charge >= 0.3 is 6.18 Å². The second-order valence-electron chi connectivity index (χ2n) is 5.92. The van der Waals surface area contributed by atoms with Gasteiger partial charge in [0.1, 0.15) is 0 Å². The molecule has 0 atom stereocenters. The van der Waals surface area contributed by atoms with Gasteiger partial charge in [-0.15, -0.1) is 0 Å². The van der Waals surface area contributed by atoms with E-state index >= 15 is 0 Å². The molecule has 0 aliphatic carbocycles. The van der Waals surface area contributed by atoms with Crippen LogP contribution in [0.4, 0.5) is 13.2 Å². The molecule has 0 heterocycles. The molecule has 0 amide bonds. The molecule has 0 aliphatic rings. The van der Waals surface area contributed by atoms with E-state index in [0.717, 1.165) is 18.5 Å². The maximum Gasteiger partial charge on any atom is 0.422 e. The van der Waals surface area contributed by atoms with Crippen molar-refractivity contribution in [1.82, 2.24) is 10.6 Å². The highest BCUT2D eigenvalue weighted by Gasteiger charge is 2.29. The van der Waals surface area contributed by atoms with Gasteiger partial charge < -0.3 is 20.1 Å². The number of guanidine groups is 1. The van der Waals surface area contributed by atoms with Crippen molar-refractivity contribution in [3.8, 4) is 11.5 Å². The average Bonchev–Trinajstić information content (AvgIpc) is 2.55. The van der Waals surface area contributed by atoms with Crippen LogP contribution in [0.15, 0.2) is 23.2 Å². The molecule has 0 saturated carbocycles. The average molecular weight is 361 g/mol. The molecule has 1 rings (SSSR count). The van der Waals surface area contributed by atoms with Gasteiger partial charge in [0, 0.05) is 20.1 Å². The lowest BCUT2D eigenvalue weighted by molar-refractivity contribution is -0.153. The van der Waals surface area contributed by atoms with Crippen LogP contribution in [0.1, 0.15) is 25.8 Å². The monoisotopic (exact) mass is 361 g/mol. The standard InChI is InChI=1S/C17H26F3N3O2/c1-12(2)7-8-22-16(21-3)23-10-13-5-6-14(15(9-13)24-4)25-11-17(18,19)20/h5-6,9,12H,7-8,10-11H2,1-4H3,(H2,21,22,23). The molecule has 2 N–H and O–H groups in total. The van der Waals surface area contributed by atoms with Gasteiger partial charge in [0.25, 0.3) is 0 Å². The Balaban J connectivity index is 2.61. The smallest absolute Gasteiger partial charge is 0.422 e. The van der Waals surface area contributed by atoms with Crippen LogP contribution in [0.3, 0.4) is 0 Å². The Morgan fingerprint density at radius 2 is 1.92 bits per heavy atom. The number of benzene rings is 1. The van der Waals surface area contributed by atoms with E-state index in [9.17, 15) is 13.2 Å². The van der Waals surface area contributed by atoms with Crippen molar-refractivity contribution in [1.29, 1.82) is 0 Å². The van der Waals surface area contributed by atoms with E-state index in [1.54, 1.807) is 19.2 Å². The van der Waals surface area contributed by atoms with Gasteiger partial charge in [-0.3, -0.25) is 4.99 Å². The summed E-state index contributed by atoms with van der Waals surface area (Å²) in [5, 5.41) is 6.35. The molecule has 0 fully saturated rings. The van der Waals surface area contributed by atoms with Crippen molar-refractivity contribution in [2.75, 3.05) is 27.3 Å². The number of alkyl halides is 3. The molecule has 8 heteroatoms. The van der Waals surface area contributed by atoms with E-state index in [1.807, 2.05) is 0 Å². The van der Waals surface area contributed by atoms with Crippen molar-refractivity contribution < 1.29 is 22.6 Å². The van der Waals surface area contributed by atoms with E-state index in [0.29, 0.717) is 18.4 Å². The second-order valence-corrected chi connectivity index (χ2v) is 5.92. The van der Waals surface area contributed by atoms with Gasteiger partial charge in [-0.1, -0.05) is 19.9 Å². The lowest BCUT2D eigenvalue weighted by atomic mass is 10.1. The summed E-state index contributed by atoms with van der Waals surface area (Å²) < 4.78 is 46.7. The Bertz CT molecular complexity index is 561. The third-order valence-electron chi connectivity index (χ3n) is 3.32. The summed E-state index contributed by atoms with van der Waals surface area (Å²) in [6, 6.07) is 4.79. The van der Waals surface area contributed by atoms with Crippen LogP contribution in [0.25, 0.3) is 0 Å². The molecule has 0 bridgehead atoms. The predicted molar refractivity (Wildman–Crippen MR) is 92.2 cm³/mol. The Morgan fingerprint density at radius 3 is 2.48 bits per heavy atom. The lowest BCUT2D eigenvalue weighted by Gasteiger charge is -2.15. The molecule has 0 aliphatic heterocycles. The Hall–Kier alpha value is -2.12. The van der Waals surface area contributed by atoms with Crippen LogP contribution in [0.5, 0.6) is 11.5 Å². The van der Waals surface area contributed by atoms with Crippen LogP contribution < -0.4 is 20.1 Å². The van der Waals surface area contributed by atoms with Gasteiger partial charge in [-0.25, -0.2) is 0 Å². The highest BCUT2D eigenvalue weighted by Crippen LogP contribution is 2.29. The maximum absolute atomic E-state index is 12.3. The fourth-order valence-corrected chi connectivity index (χ4v) is 1.99. The molecule has 0 radical (unpaired) electrons. The molecule has 1 aromatic rings. The van der Waals surface area contributed by atoms with Crippen LogP contribution in [-0.4, -0.2) is 39.4 Å². The number of nitrogens with one attached hydrogen (secondary N) is 2. The van der Waals surface area contributed by atoms with Crippen molar-refractivity contribution in [2.24, 2.45) is 10.9 Å². The third-order valence-corrected chi connectivity index (χ3v) is 3.32. The summed E-state index contributed by atoms with van der Waals surface area (Å²) in [5.41, 5.74) is 0.836. The summed E-state index contributed by atoms with van der Waals surface area (Å²) >= 11 is 0. The topological polar surface area (TPSA) is 54.9 Å². The molecule has 0 aromatic heterocycles. The van der Waals surface area contributed by atoms with Crippen LogP contribution in [0, 0.1) is 5.92 Å². The molecule has 1 aromatic carbocycles. The zero-order valence-corrected chi connectivity index (χ0v) is 15.0. The largest absolute Gasteiger partial charge is 0.493 e. The van der Waals surface area contributed by atoms with Crippen LogP contribution >= 0.6 is 0 Å². The van der Waals surface area contributed by atoms with Crippen molar-refractivity contribution in [2.45, 2.75) is 33.0 Å². The first-order valence-corrected chi connectivity index (χ1v) is 8.06. The van der Waals surface area contributed by atoms with E-state index in [2.05, 4.69) is 29.5 Å². The summed E-state index contributed by atoms with van der Waals surface area (Å²) in [5.74, 6) is 1.57. The van der Waals surface area contributed by atoms with Crippen LogP contribution in [0.2, 0.25) is 0 Å². The van der Waals surface area contributed by atoms with E-state index in [-0.39, 0.29) is 11.5 Å². The minimum Gasteiger partial charge on any atom is -0.493 e. The molecule has 25 heavy (non-hydrogen) atoms. The third kappa shape index (κ3) is 8.51. The fourth-order valence-electron chi connectivity index (χ4n) is 1.99. The molecule has 5 nitrogen and oxygen atoms in total. The summed E-state index contributed by atoms with van der Waals surface area (Å²) in [6.45, 7) is 4.20. The van der Waals surface area contributed by atoms with E-state index in [4.69, 9.17) is 9.47 Å². The number of hydrogen-bond donors (Lipinski definition) is 2. The molecular formula is C17H26F3N3O2. The number of aliphatic imine (C=N–C) groups is 1. The Morgan fingerprint density at radius 1 is 1.20 bits per heavy atom. The van der Waals surface area contributed by atoms with Gasteiger partial charge in [0.05, 0.1) is 7.11 Å². The van der Waals surface area contributed by atoms with Crippen molar-refractivity contribution >= 4 is 5.96 Å². The molecular weight excluding hydrogens is 335 g/mol. The molecule has 142 valence electrons. The van der Waals surface area contributed by atoms with Gasteiger partial charge in [-0.2, -0.15) is 13.2 Å². The van der Waals surface area contributed by atoms with E-state index in [1.165, 1.54) is 13.2 Å². The summed E-state index contributed by atoms with van der Waals surface area (Å²) in [6.07, 6.45) is -3.36. The maximum atomic E-state index is 12.3. The minimum atomic E-state index is -4.39. The first-order valence-electron chi connectivity index (χ1n) is 8.06. The predicted octanol–water partition coefficient (Wildman–Crippen LogP) is 3.35. The summed E-state index contributed by atoms with van der Waals surface area (Å²) in [7, 11) is 3.07. The number of rotatable bonds is 8. The Labute approximate surface area is 146 Å². The minimum absolute atomic E-state index is 0.0583. The Kier molecular flexibility index (Phi) is 8.37. The molecule has 0 spiro atoms. The first-order chi connectivity index (χ1) is 11.7. The van der Waals surface area contributed by atoms with Gasteiger partial charge in [0.15, 0.2) is 24.1 Å². The zero-order chi connectivity index (χ0) is 18.9. The number of methoxy groups -OCH3 is 1. The zero-order valence-electron chi connectivity index (χ0n) is 15.0. The normalized spacial score (nSPS) is 12.2. The van der Waals surface area contributed by atoms with Crippen LogP contribution in [-0.2, 0) is 6.54 Å². The van der Waals surface area contributed by atoms with Gasteiger partial charge in [0.2, 0.25) is 0 Å². The second kappa shape index (κ2) is 10.0. The quantitative estimate of drug-likeness (QED) is 0.551. The fraction of sp³-hybridized carbons (Fsp3) is 0.588.